The lowest BCUT2D eigenvalue weighted by atomic mass is 9.91. The second-order valence-corrected chi connectivity index (χ2v) is 5.98. The van der Waals surface area contributed by atoms with Crippen LogP contribution in [0.3, 0.4) is 0 Å². The van der Waals surface area contributed by atoms with Crippen molar-refractivity contribution in [2.24, 2.45) is 0 Å². The van der Waals surface area contributed by atoms with Crippen molar-refractivity contribution in [3.63, 3.8) is 0 Å². The fourth-order valence-corrected chi connectivity index (χ4v) is 2.77. The van der Waals surface area contributed by atoms with Gasteiger partial charge in [0.2, 0.25) is 5.91 Å². The molecule has 0 atom stereocenters. The number of nitrogens with zero attached hydrogens (tertiary/aromatic N) is 1. The topological polar surface area (TPSA) is 32.3 Å². The van der Waals surface area contributed by atoms with Crippen LogP contribution in [0.1, 0.15) is 32.6 Å². The lowest BCUT2D eigenvalue weighted by Crippen LogP contribution is -2.41. The number of hydrogen-bond acceptors (Lipinski definition) is 3. The van der Waals surface area contributed by atoms with Gasteiger partial charge in [0.25, 0.3) is 0 Å². The van der Waals surface area contributed by atoms with Crippen molar-refractivity contribution >= 4 is 17.2 Å². The first kappa shape index (κ1) is 15.2. The summed E-state index contributed by atoms with van der Waals surface area (Å²) in [5.74, 6) is 0.182. The van der Waals surface area contributed by atoms with E-state index in [4.69, 9.17) is 0 Å². The molecule has 0 saturated carbocycles. The van der Waals surface area contributed by atoms with Gasteiger partial charge < -0.3 is 10.2 Å². The molecule has 0 unspecified atom stereocenters. The van der Waals surface area contributed by atoms with Gasteiger partial charge in [-0.1, -0.05) is 19.9 Å². The summed E-state index contributed by atoms with van der Waals surface area (Å²) >= 11 is 1.77. The molecule has 4 heteroatoms. The lowest BCUT2D eigenvalue weighted by molar-refractivity contribution is -0.129. The number of nitrogens with one attached hydrogen (secondary N) is 1. The van der Waals surface area contributed by atoms with Gasteiger partial charge in [0.1, 0.15) is 0 Å². The Balaban J connectivity index is 2.40. The zero-order chi connectivity index (χ0) is 13.6. The molecule has 0 aliphatic heterocycles. The Morgan fingerprint density at radius 1 is 1.39 bits per heavy atom. The molecule has 0 radical (unpaired) electrons. The molecule has 18 heavy (non-hydrogen) atoms. The molecule has 0 aliphatic carbocycles. The average molecular weight is 268 g/mol. The summed E-state index contributed by atoms with van der Waals surface area (Å²) in [6.45, 7) is 11.2. The van der Waals surface area contributed by atoms with Crippen molar-refractivity contribution in [1.82, 2.24) is 10.2 Å². The molecule has 3 nitrogen and oxygen atoms in total. The highest BCUT2D eigenvalue weighted by molar-refractivity contribution is 7.10. The van der Waals surface area contributed by atoms with E-state index in [1.54, 1.807) is 11.3 Å². The second kappa shape index (κ2) is 6.90. The Morgan fingerprint density at radius 2 is 2.06 bits per heavy atom. The van der Waals surface area contributed by atoms with E-state index >= 15 is 0 Å². The molecule has 102 valence electrons. The van der Waals surface area contributed by atoms with Crippen molar-refractivity contribution in [3.8, 4) is 0 Å². The number of thiophene rings is 1. The molecule has 1 aromatic heterocycles. The van der Waals surface area contributed by atoms with E-state index in [1.165, 1.54) is 4.88 Å². The lowest BCUT2D eigenvalue weighted by Gasteiger charge is -2.25. The van der Waals surface area contributed by atoms with Crippen LogP contribution in [0.4, 0.5) is 0 Å². The van der Waals surface area contributed by atoms with Crippen LogP contribution in [-0.2, 0) is 10.2 Å². The molecule has 0 bridgehead atoms. The Labute approximate surface area is 114 Å². The van der Waals surface area contributed by atoms with Gasteiger partial charge in [-0.25, -0.2) is 0 Å². The van der Waals surface area contributed by atoms with Gasteiger partial charge in [0.15, 0.2) is 0 Å². The van der Waals surface area contributed by atoms with Gasteiger partial charge in [-0.05, 0) is 25.3 Å². The van der Waals surface area contributed by atoms with Crippen LogP contribution in [-0.4, -0.2) is 37.0 Å². The fraction of sp³-hybridized carbons (Fsp3) is 0.643. The van der Waals surface area contributed by atoms with E-state index in [9.17, 15) is 4.79 Å². The van der Waals surface area contributed by atoms with Crippen LogP contribution >= 0.6 is 11.3 Å². The predicted octanol–water partition coefficient (Wildman–Crippen LogP) is 2.48. The number of hydrogen-bond donors (Lipinski definition) is 1. The van der Waals surface area contributed by atoms with E-state index < -0.39 is 0 Å². The summed E-state index contributed by atoms with van der Waals surface area (Å²) in [7, 11) is 0. The third-order valence-corrected chi connectivity index (χ3v) is 4.38. The molecule has 1 aromatic rings. The number of amides is 1. The Bertz CT molecular complexity index is 356. The Hall–Kier alpha value is -0.870. The minimum Gasteiger partial charge on any atom is -0.342 e. The van der Waals surface area contributed by atoms with Gasteiger partial charge >= 0.3 is 0 Å². The van der Waals surface area contributed by atoms with E-state index in [0.29, 0.717) is 6.54 Å². The maximum atomic E-state index is 11.8. The van der Waals surface area contributed by atoms with Crippen LogP contribution in [0, 0.1) is 0 Å². The highest BCUT2D eigenvalue weighted by Gasteiger charge is 2.21. The highest BCUT2D eigenvalue weighted by Crippen LogP contribution is 2.26. The van der Waals surface area contributed by atoms with Crippen LogP contribution in [0.2, 0.25) is 0 Å². The zero-order valence-electron chi connectivity index (χ0n) is 11.8. The summed E-state index contributed by atoms with van der Waals surface area (Å²) in [6, 6.07) is 4.22. The van der Waals surface area contributed by atoms with Gasteiger partial charge in [0, 0.05) is 29.9 Å². The third kappa shape index (κ3) is 4.10. The number of carbonyl (C=O) groups excluding carboxylic acids is 1. The monoisotopic (exact) mass is 268 g/mol. The maximum absolute atomic E-state index is 11.8. The van der Waals surface area contributed by atoms with Crippen molar-refractivity contribution in [2.45, 2.75) is 33.1 Å². The number of carbonyl (C=O) groups is 1. The maximum Gasteiger partial charge on any atom is 0.236 e. The molecule has 0 spiro atoms. The molecule has 0 saturated heterocycles. The smallest absolute Gasteiger partial charge is 0.236 e. The van der Waals surface area contributed by atoms with Gasteiger partial charge in [-0.2, -0.15) is 0 Å². The minimum absolute atomic E-state index is 0.0811. The highest BCUT2D eigenvalue weighted by atomic mass is 32.1. The predicted molar refractivity (Wildman–Crippen MR) is 78.1 cm³/mol. The average Bonchev–Trinajstić information content (AvgIpc) is 2.84. The summed E-state index contributed by atoms with van der Waals surface area (Å²) in [4.78, 5) is 15.0. The van der Waals surface area contributed by atoms with Gasteiger partial charge in [-0.3, -0.25) is 4.79 Å². The molecule has 0 fully saturated rings. The molecule has 1 rings (SSSR count). The normalized spacial score (nSPS) is 11.6. The molecular weight excluding hydrogens is 244 g/mol. The van der Waals surface area contributed by atoms with Crippen LogP contribution in [0.5, 0.6) is 0 Å². The van der Waals surface area contributed by atoms with Crippen molar-refractivity contribution in [3.05, 3.63) is 22.4 Å². The van der Waals surface area contributed by atoms with E-state index in [2.05, 4.69) is 36.7 Å². The Kier molecular flexibility index (Phi) is 5.82. The van der Waals surface area contributed by atoms with Crippen molar-refractivity contribution in [1.29, 1.82) is 0 Å². The van der Waals surface area contributed by atoms with Crippen LogP contribution < -0.4 is 5.32 Å². The van der Waals surface area contributed by atoms with E-state index in [-0.39, 0.29) is 11.3 Å². The molecule has 1 amide bonds. The van der Waals surface area contributed by atoms with Crippen LogP contribution in [0.15, 0.2) is 17.5 Å². The minimum atomic E-state index is 0.0811. The zero-order valence-corrected chi connectivity index (χ0v) is 12.6. The largest absolute Gasteiger partial charge is 0.342 e. The SMILES string of the molecule is CCN(CC)C(=O)CNCC(C)(C)c1cccs1. The fourth-order valence-electron chi connectivity index (χ4n) is 1.92. The quantitative estimate of drug-likeness (QED) is 0.824. The van der Waals surface area contributed by atoms with Gasteiger partial charge in [0.05, 0.1) is 6.54 Å². The number of rotatable bonds is 7. The summed E-state index contributed by atoms with van der Waals surface area (Å²) in [5.41, 5.74) is 0.0811. The Morgan fingerprint density at radius 3 is 2.56 bits per heavy atom. The summed E-state index contributed by atoms with van der Waals surface area (Å²) in [5, 5.41) is 5.37. The first-order valence-electron chi connectivity index (χ1n) is 6.53. The third-order valence-electron chi connectivity index (χ3n) is 3.15. The molecule has 1 N–H and O–H groups in total. The molecular formula is C14H24N2OS. The summed E-state index contributed by atoms with van der Waals surface area (Å²) < 4.78 is 0. The molecule has 1 heterocycles. The first-order valence-corrected chi connectivity index (χ1v) is 7.41. The standard InChI is InChI=1S/C14H24N2OS/c1-5-16(6-2)13(17)10-15-11-14(3,4)12-8-7-9-18-12/h7-9,15H,5-6,10-11H2,1-4H3. The van der Waals surface area contributed by atoms with Crippen molar-refractivity contribution < 1.29 is 4.79 Å². The summed E-state index contributed by atoms with van der Waals surface area (Å²) in [6.07, 6.45) is 0. The van der Waals surface area contributed by atoms with Gasteiger partial charge in [-0.15, -0.1) is 11.3 Å². The van der Waals surface area contributed by atoms with Crippen LogP contribution in [0.25, 0.3) is 0 Å². The van der Waals surface area contributed by atoms with Crippen molar-refractivity contribution in [2.75, 3.05) is 26.2 Å². The van der Waals surface area contributed by atoms with E-state index in [1.807, 2.05) is 18.7 Å². The number of likely N-dealkylation sites (N-methyl/N-ethyl adjacent to an activating group) is 1. The van der Waals surface area contributed by atoms with E-state index in [0.717, 1.165) is 19.6 Å². The second-order valence-electron chi connectivity index (χ2n) is 5.03. The molecule has 0 aromatic carbocycles. The molecule has 0 aliphatic rings. The first-order chi connectivity index (χ1) is 8.51.